The van der Waals surface area contributed by atoms with Crippen molar-refractivity contribution in [2.75, 3.05) is 27.8 Å². The largest absolute Gasteiger partial charge is 0.467 e. The molecule has 27 heavy (non-hydrogen) atoms. The van der Waals surface area contributed by atoms with Gasteiger partial charge in [0.1, 0.15) is 11.5 Å². The molecule has 0 amide bonds. The summed E-state index contributed by atoms with van der Waals surface area (Å²) in [5, 5.41) is 0. The van der Waals surface area contributed by atoms with Gasteiger partial charge in [0.05, 0.1) is 5.56 Å². The van der Waals surface area contributed by atoms with Crippen molar-refractivity contribution in [3.8, 4) is 11.5 Å². The molecule has 0 aromatic heterocycles. The summed E-state index contributed by atoms with van der Waals surface area (Å²) in [5.41, 5.74) is 2.97. The van der Waals surface area contributed by atoms with Gasteiger partial charge in [-0.05, 0) is 29.2 Å². The molecule has 0 heterocycles. The van der Waals surface area contributed by atoms with Crippen LogP contribution < -0.4 is 9.47 Å². The molecule has 0 saturated carbocycles. The second kappa shape index (κ2) is 11.2. The topological polar surface area (TPSA) is 36.9 Å². The monoisotopic (exact) mass is 368 g/mol. The zero-order valence-corrected chi connectivity index (χ0v) is 16.5. The highest BCUT2D eigenvalue weighted by atomic mass is 16.7. The lowest BCUT2D eigenvalue weighted by atomic mass is 10.0. The van der Waals surface area contributed by atoms with Crippen LogP contribution in [0.15, 0.2) is 48.5 Å². The fourth-order valence-electron chi connectivity index (χ4n) is 2.41. The Kier molecular flexibility index (Phi) is 8.62. The summed E-state index contributed by atoms with van der Waals surface area (Å²) in [6.45, 7) is 4.58. The first kappa shape index (κ1) is 20.7. The Morgan fingerprint density at radius 3 is 1.85 bits per heavy atom. The third-order valence-corrected chi connectivity index (χ3v) is 3.71. The molecule has 0 bridgehead atoms. The van der Waals surface area contributed by atoms with Gasteiger partial charge in [0, 0.05) is 14.2 Å². The standard InChI is InChI=1S/C23H28O4/c1-18(2)10-13-21-22(26-16-24-3)14-20(15-23(21)27-17-25-4)12-11-19-8-6-5-7-9-19/h5-15,18H,16-17H2,1-4H3/b12-11+,13-10+. The van der Waals surface area contributed by atoms with Crippen LogP contribution in [0.3, 0.4) is 0 Å². The Labute approximate surface area is 162 Å². The van der Waals surface area contributed by atoms with Gasteiger partial charge in [0.15, 0.2) is 13.6 Å². The molecule has 144 valence electrons. The van der Waals surface area contributed by atoms with Crippen LogP contribution >= 0.6 is 0 Å². The Hall–Kier alpha value is -2.56. The van der Waals surface area contributed by atoms with E-state index in [2.05, 4.69) is 38.1 Å². The second-order valence-electron chi connectivity index (χ2n) is 6.38. The third-order valence-electron chi connectivity index (χ3n) is 3.71. The van der Waals surface area contributed by atoms with Crippen molar-refractivity contribution in [2.45, 2.75) is 13.8 Å². The van der Waals surface area contributed by atoms with Gasteiger partial charge in [-0.2, -0.15) is 0 Å². The lowest BCUT2D eigenvalue weighted by Crippen LogP contribution is -2.05. The van der Waals surface area contributed by atoms with Crippen molar-refractivity contribution in [3.63, 3.8) is 0 Å². The highest BCUT2D eigenvalue weighted by Crippen LogP contribution is 2.33. The van der Waals surface area contributed by atoms with E-state index in [4.69, 9.17) is 18.9 Å². The SMILES string of the molecule is COCOc1cc(/C=C/c2ccccc2)cc(OCOC)c1/C=C/C(C)C. The molecule has 4 heteroatoms. The van der Waals surface area contributed by atoms with Crippen LogP contribution in [0.4, 0.5) is 0 Å². The van der Waals surface area contributed by atoms with Gasteiger partial charge >= 0.3 is 0 Å². The number of ether oxygens (including phenoxy) is 4. The molecule has 0 spiro atoms. The molecule has 0 aliphatic heterocycles. The molecular weight excluding hydrogens is 340 g/mol. The van der Waals surface area contributed by atoms with E-state index in [1.165, 1.54) is 0 Å². The van der Waals surface area contributed by atoms with Crippen LogP contribution in [0.2, 0.25) is 0 Å². The predicted molar refractivity (Wildman–Crippen MR) is 111 cm³/mol. The summed E-state index contributed by atoms with van der Waals surface area (Å²) in [6, 6.07) is 14.1. The van der Waals surface area contributed by atoms with E-state index in [0.717, 1.165) is 16.7 Å². The molecule has 2 aromatic carbocycles. The maximum Gasteiger partial charge on any atom is 0.188 e. The minimum absolute atomic E-state index is 0.165. The number of methoxy groups -OCH3 is 2. The second-order valence-corrected chi connectivity index (χ2v) is 6.38. The first-order chi connectivity index (χ1) is 13.1. The molecule has 0 atom stereocenters. The van der Waals surface area contributed by atoms with Gasteiger partial charge in [-0.1, -0.05) is 68.5 Å². The Bertz CT molecular complexity index is 719. The van der Waals surface area contributed by atoms with Crippen LogP contribution in [-0.4, -0.2) is 27.8 Å². The van der Waals surface area contributed by atoms with E-state index >= 15 is 0 Å². The van der Waals surface area contributed by atoms with Crippen LogP contribution in [0.25, 0.3) is 18.2 Å². The first-order valence-electron chi connectivity index (χ1n) is 8.97. The van der Waals surface area contributed by atoms with Gasteiger partial charge in [-0.15, -0.1) is 0 Å². The highest BCUT2D eigenvalue weighted by molar-refractivity contribution is 5.74. The van der Waals surface area contributed by atoms with Crippen LogP contribution in [0.1, 0.15) is 30.5 Å². The molecule has 0 aliphatic rings. The quantitative estimate of drug-likeness (QED) is 0.410. The zero-order valence-electron chi connectivity index (χ0n) is 16.5. The fraction of sp³-hybridized carbons (Fsp3) is 0.304. The van der Waals surface area contributed by atoms with Crippen molar-refractivity contribution >= 4 is 18.2 Å². The summed E-state index contributed by atoms with van der Waals surface area (Å²) >= 11 is 0. The van der Waals surface area contributed by atoms with E-state index in [-0.39, 0.29) is 13.6 Å². The van der Waals surface area contributed by atoms with Crippen molar-refractivity contribution in [1.82, 2.24) is 0 Å². The minimum atomic E-state index is 0.165. The van der Waals surface area contributed by atoms with Crippen molar-refractivity contribution in [2.24, 2.45) is 5.92 Å². The fourth-order valence-corrected chi connectivity index (χ4v) is 2.41. The lowest BCUT2D eigenvalue weighted by molar-refractivity contribution is 0.0457. The van der Waals surface area contributed by atoms with Gasteiger partial charge in [-0.25, -0.2) is 0 Å². The van der Waals surface area contributed by atoms with Crippen molar-refractivity contribution in [1.29, 1.82) is 0 Å². The normalized spacial score (nSPS) is 11.6. The Morgan fingerprint density at radius 2 is 1.33 bits per heavy atom. The number of allylic oxidation sites excluding steroid dienone is 1. The molecule has 0 saturated heterocycles. The summed E-state index contributed by atoms with van der Waals surface area (Å²) in [5.74, 6) is 1.82. The summed E-state index contributed by atoms with van der Waals surface area (Å²) < 4.78 is 21.8. The molecule has 2 aromatic rings. The summed E-state index contributed by atoms with van der Waals surface area (Å²) in [7, 11) is 3.20. The van der Waals surface area contributed by atoms with E-state index < -0.39 is 0 Å². The maximum atomic E-state index is 5.80. The Balaban J connectivity index is 2.43. The minimum Gasteiger partial charge on any atom is -0.467 e. The molecule has 0 unspecified atom stereocenters. The van der Waals surface area contributed by atoms with Crippen LogP contribution in [-0.2, 0) is 9.47 Å². The van der Waals surface area contributed by atoms with Gasteiger partial charge in [0.2, 0.25) is 0 Å². The number of rotatable bonds is 10. The van der Waals surface area contributed by atoms with E-state index in [9.17, 15) is 0 Å². The van der Waals surface area contributed by atoms with E-state index in [1.54, 1.807) is 14.2 Å². The number of hydrogen-bond donors (Lipinski definition) is 0. The van der Waals surface area contributed by atoms with E-state index in [0.29, 0.717) is 17.4 Å². The van der Waals surface area contributed by atoms with Crippen LogP contribution in [0, 0.1) is 5.92 Å². The average Bonchev–Trinajstić information content (AvgIpc) is 2.68. The molecule has 0 fully saturated rings. The van der Waals surface area contributed by atoms with Crippen LogP contribution in [0.5, 0.6) is 11.5 Å². The van der Waals surface area contributed by atoms with Crippen molar-refractivity contribution in [3.05, 3.63) is 65.2 Å². The van der Waals surface area contributed by atoms with Crippen molar-refractivity contribution < 1.29 is 18.9 Å². The van der Waals surface area contributed by atoms with Gasteiger partial charge in [-0.3, -0.25) is 0 Å². The summed E-state index contributed by atoms with van der Waals surface area (Å²) in [4.78, 5) is 0. The molecule has 0 aliphatic carbocycles. The Morgan fingerprint density at radius 1 is 0.778 bits per heavy atom. The average molecular weight is 368 g/mol. The predicted octanol–water partition coefficient (Wildman–Crippen LogP) is 5.49. The van der Waals surface area contributed by atoms with Gasteiger partial charge < -0.3 is 18.9 Å². The first-order valence-corrected chi connectivity index (χ1v) is 8.97. The number of hydrogen-bond acceptors (Lipinski definition) is 4. The number of benzene rings is 2. The zero-order chi connectivity index (χ0) is 19.5. The molecule has 0 radical (unpaired) electrons. The molecule has 4 nitrogen and oxygen atoms in total. The maximum absolute atomic E-state index is 5.80. The highest BCUT2D eigenvalue weighted by Gasteiger charge is 2.11. The lowest BCUT2D eigenvalue weighted by Gasteiger charge is -2.15. The van der Waals surface area contributed by atoms with E-state index in [1.807, 2.05) is 42.5 Å². The molecular formula is C23H28O4. The van der Waals surface area contributed by atoms with Gasteiger partial charge in [0.25, 0.3) is 0 Å². The third kappa shape index (κ3) is 6.93. The smallest absolute Gasteiger partial charge is 0.188 e. The molecule has 0 N–H and O–H groups in total. The molecule has 2 rings (SSSR count). The summed E-state index contributed by atoms with van der Waals surface area (Å²) in [6.07, 6.45) is 8.21.